The molecule has 1 aromatic heterocycles. The predicted octanol–water partition coefficient (Wildman–Crippen LogP) is 5.50. The zero-order valence-corrected chi connectivity index (χ0v) is 15.0. The summed E-state index contributed by atoms with van der Waals surface area (Å²) in [5, 5.41) is 1.97. The Balaban J connectivity index is 2.13. The maximum atomic E-state index is 11.9. The largest absolute Gasteiger partial charge is 0.309 e. The molecule has 0 unspecified atom stereocenters. The number of hydrogen-bond donors (Lipinski definition) is 0. The van der Waals surface area contributed by atoms with E-state index in [-0.39, 0.29) is 11.6 Å². The Morgan fingerprint density at radius 1 is 0.692 bits per heavy atom. The van der Waals surface area contributed by atoms with Crippen molar-refractivity contribution in [3.63, 3.8) is 0 Å². The van der Waals surface area contributed by atoms with Crippen molar-refractivity contribution in [1.82, 2.24) is 4.57 Å². The zero-order valence-electron chi connectivity index (χ0n) is 15.0. The van der Waals surface area contributed by atoms with E-state index < -0.39 is 0 Å². The number of aryl methyl sites for hydroxylation is 1. The highest BCUT2D eigenvalue weighted by atomic mass is 16.1. The van der Waals surface area contributed by atoms with Crippen molar-refractivity contribution >= 4 is 33.4 Å². The summed E-state index contributed by atoms with van der Waals surface area (Å²) in [5.74, 6) is 0.0664. The van der Waals surface area contributed by atoms with E-state index in [1.54, 1.807) is 13.8 Å². The van der Waals surface area contributed by atoms with Crippen LogP contribution in [0, 0.1) is 6.92 Å². The number of fused-ring (bicyclic) bond motifs is 3. The molecule has 1 heterocycles. The summed E-state index contributed by atoms with van der Waals surface area (Å²) in [6.45, 7) is 5.20. The van der Waals surface area contributed by atoms with Gasteiger partial charge in [0.1, 0.15) is 0 Å². The molecule has 0 aliphatic rings. The lowest BCUT2D eigenvalue weighted by Gasteiger charge is -2.08. The second kappa shape index (κ2) is 5.95. The molecular formula is C23H19NO2. The highest BCUT2D eigenvalue weighted by Gasteiger charge is 2.15. The van der Waals surface area contributed by atoms with Gasteiger partial charge < -0.3 is 4.57 Å². The summed E-state index contributed by atoms with van der Waals surface area (Å²) < 4.78 is 2.18. The van der Waals surface area contributed by atoms with Gasteiger partial charge in [-0.25, -0.2) is 0 Å². The van der Waals surface area contributed by atoms with Crippen molar-refractivity contribution in [2.75, 3.05) is 0 Å². The van der Waals surface area contributed by atoms with Crippen molar-refractivity contribution in [3.05, 3.63) is 77.4 Å². The zero-order chi connectivity index (χ0) is 18.4. The highest BCUT2D eigenvalue weighted by Crippen LogP contribution is 2.33. The summed E-state index contributed by atoms with van der Waals surface area (Å²) in [6, 6.07) is 19.9. The molecule has 0 spiro atoms. The summed E-state index contributed by atoms with van der Waals surface area (Å²) in [6.07, 6.45) is 0. The lowest BCUT2D eigenvalue weighted by Crippen LogP contribution is -1.95. The molecule has 3 aromatic carbocycles. The van der Waals surface area contributed by atoms with E-state index in [9.17, 15) is 9.59 Å². The van der Waals surface area contributed by atoms with Crippen LogP contribution in [0.3, 0.4) is 0 Å². The number of carbonyl (C=O) groups is 2. The van der Waals surface area contributed by atoms with Gasteiger partial charge in [0.15, 0.2) is 11.6 Å². The van der Waals surface area contributed by atoms with Crippen LogP contribution in [-0.2, 0) is 0 Å². The van der Waals surface area contributed by atoms with E-state index in [4.69, 9.17) is 0 Å². The van der Waals surface area contributed by atoms with Crippen LogP contribution in [0.15, 0.2) is 60.7 Å². The van der Waals surface area contributed by atoms with Gasteiger partial charge >= 0.3 is 0 Å². The Labute approximate surface area is 151 Å². The minimum absolute atomic E-state index is 0.0332. The minimum atomic E-state index is 0.0332. The van der Waals surface area contributed by atoms with E-state index in [2.05, 4.69) is 35.8 Å². The minimum Gasteiger partial charge on any atom is -0.309 e. The van der Waals surface area contributed by atoms with Crippen LogP contribution in [0.1, 0.15) is 40.1 Å². The Morgan fingerprint density at radius 2 is 1.15 bits per heavy atom. The van der Waals surface area contributed by atoms with Gasteiger partial charge in [-0.2, -0.15) is 0 Å². The summed E-state index contributed by atoms with van der Waals surface area (Å²) in [5.41, 5.74) is 5.65. The van der Waals surface area contributed by atoms with Crippen LogP contribution in [0.4, 0.5) is 0 Å². The van der Waals surface area contributed by atoms with Crippen LogP contribution in [0.5, 0.6) is 0 Å². The molecule has 26 heavy (non-hydrogen) atoms. The fourth-order valence-electron chi connectivity index (χ4n) is 3.43. The average molecular weight is 341 g/mol. The molecule has 4 aromatic rings. The van der Waals surface area contributed by atoms with Gasteiger partial charge in [0.2, 0.25) is 0 Å². The predicted molar refractivity (Wildman–Crippen MR) is 106 cm³/mol. The maximum absolute atomic E-state index is 11.9. The van der Waals surface area contributed by atoms with Crippen LogP contribution in [0.2, 0.25) is 0 Å². The Kier molecular flexibility index (Phi) is 3.73. The molecule has 0 bridgehead atoms. The summed E-state index contributed by atoms with van der Waals surface area (Å²) in [7, 11) is 0. The van der Waals surface area contributed by atoms with Gasteiger partial charge in [0.05, 0.1) is 11.0 Å². The van der Waals surface area contributed by atoms with Crippen molar-refractivity contribution in [2.45, 2.75) is 20.8 Å². The smallest absolute Gasteiger partial charge is 0.159 e. The molecule has 4 rings (SSSR count). The first-order valence-corrected chi connectivity index (χ1v) is 8.63. The third kappa shape index (κ3) is 2.53. The van der Waals surface area contributed by atoms with Gasteiger partial charge in [0, 0.05) is 27.6 Å². The van der Waals surface area contributed by atoms with E-state index >= 15 is 0 Å². The molecule has 0 radical (unpaired) electrons. The van der Waals surface area contributed by atoms with Gasteiger partial charge in [-0.3, -0.25) is 9.59 Å². The lowest BCUT2D eigenvalue weighted by molar-refractivity contribution is 0.100. The van der Waals surface area contributed by atoms with E-state index in [1.165, 1.54) is 5.56 Å². The monoisotopic (exact) mass is 341 g/mol. The molecule has 3 nitrogen and oxygen atoms in total. The van der Waals surface area contributed by atoms with Crippen molar-refractivity contribution in [1.29, 1.82) is 0 Å². The molecule has 0 aliphatic heterocycles. The number of ketones is 2. The fraction of sp³-hybridized carbons (Fsp3) is 0.130. The van der Waals surface area contributed by atoms with Gasteiger partial charge in [0.25, 0.3) is 0 Å². The second-order valence-electron chi connectivity index (χ2n) is 6.75. The van der Waals surface area contributed by atoms with Crippen molar-refractivity contribution in [3.8, 4) is 5.69 Å². The summed E-state index contributed by atoms with van der Waals surface area (Å²) >= 11 is 0. The first kappa shape index (κ1) is 16.3. The number of carbonyl (C=O) groups excluding carboxylic acids is 2. The highest BCUT2D eigenvalue weighted by molar-refractivity contribution is 6.13. The first-order valence-electron chi connectivity index (χ1n) is 8.63. The summed E-state index contributed by atoms with van der Waals surface area (Å²) in [4.78, 5) is 23.7. The Hall–Kier alpha value is -3.20. The van der Waals surface area contributed by atoms with Gasteiger partial charge in [-0.05, 0) is 69.3 Å². The first-order chi connectivity index (χ1) is 12.5. The Morgan fingerprint density at radius 3 is 1.58 bits per heavy atom. The molecule has 0 amide bonds. The number of aromatic nitrogens is 1. The van der Waals surface area contributed by atoms with Crippen molar-refractivity contribution in [2.24, 2.45) is 0 Å². The van der Waals surface area contributed by atoms with Crippen LogP contribution in [-0.4, -0.2) is 16.1 Å². The molecule has 0 saturated heterocycles. The van der Waals surface area contributed by atoms with Crippen LogP contribution in [0.25, 0.3) is 27.5 Å². The molecule has 128 valence electrons. The molecule has 0 fully saturated rings. The average Bonchev–Trinajstić information content (AvgIpc) is 2.95. The molecule has 3 heteroatoms. The fourth-order valence-corrected chi connectivity index (χ4v) is 3.43. The standard InChI is InChI=1S/C23H19NO2/c1-14-4-8-19(9-5-14)24-22-10-6-17(15(2)25)12-20(22)21-13-18(16(3)26)7-11-23(21)24/h4-13H,1-3H3. The normalized spacial score (nSPS) is 11.2. The lowest BCUT2D eigenvalue weighted by atomic mass is 10.0. The van der Waals surface area contributed by atoms with Crippen LogP contribution >= 0.6 is 0 Å². The quantitative estimate of drug-likeness (QED) is 0.462. The van der Waals surface area contributed by atoms with Gasteiger partial charge in [-0.1, -0.05) is 17.7 Å². The van der Waals surface area contributed by atoms with E-state index in [0.29, 0.717) is 11.1 Å². The third-order valence-electron chi connectivity index (χ3n) is 4.87. The number of Topliss-reactive ketones (excluding diaryl/α,β-unsaturated/α-hetero) is 2. The van der Waals surface area contributed by atoms with E-state index in [1.807, 2.05) is 36.4 Å². The third-order valence-corrected chi connectivity index (χ3v) is 4.87. The molecule has 0 N–H and O–H groups in total. The molecular weight excluding hydrogens is 322 g/mol. The van der Waals surface area contributed by atoms with E-state index in [0.717, 1.165) is 27.5 Å². The second-order valence-corrected chi connectivity index (χ2v) is 6.75. The topological polar surface area (TPSA) is 39.1 Å². The van der Waals surface area contributed by atoms with Gasteiger partial charge in [-0.15, -0.1) is 0 Å². The van der Waals surface area contributed by atoms with Crippen LogP contribution < -0.4 is 0 Å². The maximum Gasteiger partial charge on any atom is 0.159 e. The number of nitrogens with zero attached hydrogens (tertiary/aromatic N) is 1. The number of hydrogen-bond acceptors (Lipinski definition) is 2. The molecule has 0 saturated carbocycles. The SMILES string of the molecule is CC(=O)c1ccc2c(c1)c1cc(C(C)=O)ccc1n2-c1ccc(C)cc1. The Bertz CT molecular complexity index is 1110. The number of benzene rings is 3. The number of rotatable bonds is 3. The van der Waals surface area contributed by atoms with Crippen molar-refractivity contribution < 1.29 is 9.59 Å². The molecule has 0 atom stereocenters. The molecule has 0 aliphatic carbocycles.